The molecule has 108 valence electrons. The molecular formula is C12H20FN3O2S. The van der Waals surface area contributed by atoms with Gasteiger partial charge in [0.1, 0.15) is 5.82 Å². The first-order valence-electron chi connectivity index (χ1n) is 6.01. The zero-order chi connectivity index (χ0) is 14.5. The molecule has 2 N–H and O–H groups in total. The molecule has 0 amide bonds. The van der Waals surface area contributed by atoms with E-state index in [1.165, 1.54) is 29.6 Å². The molecular weight excluding hydrogens is 269 g/mol. The molecule has 0 fully saturated rings. The molecule has 0 radical (unpaired) electrons. The highest BCUT2D eigenvalue weighted by atomic mass is 32.2. The molecule has 0 atom stereocenters. The monoisotopic (exact) mass is 289 g/mol. The number of aryl methyl sites for hydroxylation is 1. The van der Waals surface area contributed by atoms with Gasteiger partial charge in [0.2, 0.25) is 0 Å². The van der Waals surface area contributed by atoms with E-state index in [4.69, 9.17) is 0 Å². The van der Waals surface area contributed by atoms with Crippen molar-refractivity contribution in [3.63, 3.8) is 0 Å². The fourth-order valence-corrected chi connectivity index (χ4v) is 2.48. The number of anilines is 1. The fourth-order valence-electron chi connectivity index (χ4n) is 1.53. The Morgan fingerprint density at radius 3 is 2.63 bits per heavy atom. The van der Waals surface area contributed by atoms with Crippen molar-refractivity contribution < 1.29 is 12.8 Å². The molecule has 0 aliphatic heterocycles. The van der Waals surface area contributed by atoms with Crippen molar-refractivity contribution in [1.29, 1.82) is 0 Å². The standard InChI is InChI=1S/C12H20FN3O2S/c1-10-9-11(5-6-12(10)13)15-19(17,18)16(3)8-4-7-14-2/h5-6,9,14-15H,4,7-8H2,1-3H3. The van der Waals surface area contributed by atoms with Crippen LogP contribution in [0.1, 0.15) is 12.0 Å². The van der Waals surface area contributed by atoms with Gasteiger partial charge in [0.25, 0.3) is 0 Å². The number of hydrogen-bond donors (Lipinski definition) is 2. The first-order chi connectivity index (χ1) is 8.86. The van der Waals surface area contributed by atoms with Gasteiger partial charge in [-0.2, -0.15) is 12.7 Å². The van der Waals surface area contributed by atoms with Crippen LogP contribution in [-0.2, 0) is 10.2 Å². The Morgan fingerprint density at radius 2 is 2.05 bits per heavy atom. The minimum Gasteiger partial charge on any atom is -0.320 e. The van der Waals surface area contributed by atoms with Crippen molar-refractivity contribution in [2.45, 2.75) is 13.3 Å². The van der Waals surface area contributed by atoms with E-state index in [1.807, 2.05) is 7.05 Å². The van der Waals surface area contributed by atoms with E-state index >= 15 is 0 Å². The van der Waals surface area contributed by atoms with E-state index < -0.39 is 10.2 Å². The van der Waals surface area contributed by atoms with Crippen molar-refractivity contribution in [2.24, 2.45) is 0 Å². The second kappa shape index (κ2) is 6.83. The summed E-state index contributed by atoms with van der Waals surface area (Å²) in [6.45, 7) is 2.75. The van der Waals surface area contributed by atoms with Crippen LogP contribution in [0.4, 0.5) is 10.1 Å². The largest absolute Gasteiger partial charge is 0.320 e. The number of benzene rings is 1. The maximum absolute atomic E-state index is 13.1. The predicted octanol–water partition coefficient (Wildman–Crippen LogP) is 1.33. The van der Waals surface area contributed by atoms with Crippen molar-refractivity contribution >= 4 is 15.9 Å². The first kappa shape index (κ1) is 15.9. The highest BCUT2D eigenvalue weighted by Crippen LogP contribution is 2.15. The van der Waals surface area contributed by atoms with Crippen molar-refractivity contribution in [3.8, 4) is 0 Å². The number of hydrogen-bond acceptors (Lipinski definition) is 3. The smallest absolute Gasteiger partial charge is 0.301 e. The molecule has 0 aliphatic rings. The molecule has 0 heterocycles. The lowest BCUT2D eigenvalue weighted by Crippen LogP contribution is -2.34. The summed E-state index contributed by atoms with van der Waals surface area (Å²) in [5.74, 6) is -0.356. The van der Waals surface area contributed by atoms with Crippen LogP contribution in [0.5, 0.6) is 0 Å². The summed E-state index contributed by atoms with van der Waals surface area (Å²) >= 11 is 0. The van der Waals surface area contributed by atoms with Crippen molar-refractivity contribution in [1.82, 2.24) is 9.62 Å². The minimum atomic E-state index is -3.59. The Morgan fingerprint density at radius 1 is 1.37 bits per heavy atom. The van der Waals surface area contributed by atoms with Crippen LogP contribution in [-0.4, -0.2) is 39.9 Å². The predicted molar refractivity (Wildman–Crippen MR) is 74.9 cm³/mol. The van der Waals surface area contributed by atoms with Gasteiger partial charge in [-0.3, -0.25) is 4.72 Å². The third-order valence-electron chi connectivity index (χ3n) is 2.71. The highest BCUT2D eigenvalue weighted by Gasteiger charge is 2.17. The lowest BCUT2D eigenvalue weighted by Gasteiger charge is -2.18. The molecule has 1 aromatic carbocycles. The minimum absolute atomic E-state index is 0.356. The first-order valence-corrected chi connectivity index (χ1v) is 7.45. The average molecular weight is 289 g/mol. The van der Waals surface area contributed by atoms with Gasteiger partial charge < -0.3 is 5.32 Å². The molecule has 5 nitrogen and oxygen atoms in total. The van der Waals surface area contributed by atoms with Crippen LogP contribution in [0.15, 0.2) is 18.2 Å². The summed E-state index contributed by atoms with van der Waals surface area (Å²) in [6, 6.07) is 4.11. The van der Waals surface area contributed by atoms with E-state index in [2.05, 4.69) is 10.0 Å². The van der Waals surface area contributed by atoms with Crippen LogP contribution in [0, 0.1) is 12.7 Å². The van der Waals surface area contributed by atoms with Crippen LogP contribution < -0.4 is 10.0 Å². The van der Waals surface area contributed by atoms with E-state index in [0.29, 0.717) is 17.8 Å². The molecule has 0 saturated heterocycles. The molecule has 1 rings (SSSR count). The Kier molecular flexibility index (Phi) is 5.71. The van der Waals surface area contributed by atoms with Gasteiger partial charge in [0, 0.05) is 13.6 Å². The lowest BCUT2D eigenvalue weighted by atomic mass is 10.2. The van der Waals surface area contributed by atoms with E-state index in [-0.39, 0.29) is 5.82 Å². The van der Waals surface area contributed by atoms with Gasteiger partial charge in [-0.25, -0.2) is 4.39 Å². The number of nitrogens with one attached hydrogen (secondary N) is 2. The Hall–Kier alpha value is -1.18. The van der Waals surface area contributed by atoms with Crippen LogP contribution in [0.3, 0.4) is 0 Å². The Balaban J connectivity index is 2.70. The van der Waals surface area contributed by atoms with Gasteiger partial charge in [-0.05, 0) is 50.7 Å². The second-order valence-electron chi connectivity index (χ2n) is 4.35. The number of nitrogens with zero attached hydrogens (tertiary/aromatic N) is 1. The van der Waals surface area contributed by atoms with Gasteiger partial charge >= 0.3 is 10.2 Å². The molecule has 7 heteroatoms. The van der Waals surface area contributed by atoms with E-state index in [9.17, 15) is 12.8 Å². The zero-order valence-corrected chi connectivity index (χ0v) is 12.2. The summed E-state index contributed by atoms with van der Waals surface area (Å²) in [6.07, 6.45) is 0.719. The topological polar surface area (TPSA) is 61.4 Å². The maximum Gasteiger partial charge on any atom is 0.301 e. The third kappa shape index (κ3) is 4.77. The highest BCUT2D eigenvalue weighted by molar-refractivity contribution is 7.90. The number of rotatable bonds is 7. The third-order valence-corrected chi connectivity index (χ3v) is 4.21. The Labute approximate surface area is 114 Å². The van der Waals surface area contributed by atoms with Crippen molar-refractivity contribution in [2.75, 3.05) is 31.9 Å². The van der Waals surface area contributed by atoms with E-state index in [1.54, 1.807) is 6.92 Å². The van der Waals surface area contributed by atoms with Gasteiger partial charge in [-0.1, -0.05) is 0 Å². The fraction of sp³-hybridized carbons (Fsp3) is 0.500. The van der Waals surface area contributed by atoms with Gasteiger partial charge in [-0.15, -0.1) is 0 Å². The van der Waals surface area contributed by atoms with Gasteiger partial charge in [0.15, 0.2) is 0 Å². The molecule has 0 spiro atoms. The van der Waals surface area contributed by atoms with Crippen LogP contribution in [0.2, 0.25) is 0 Å². The summed E-state index contributed by atoms with van der Waals surface area (Å²) < 4.78 is 40.7. The summed E-state index contributed by atoms with van der Waals surface area (Å²) in [5, 5.41) is 2.95. The average Bonchev–Trinajstić information content (AvgIpc) is 2.33. The normalized spacial score (nSPS) is 11.8. The molecule has 0 unspecified atom stereocenters. The lowest BCUT2D eigenvalue weighted by molar-refractivity contribution is 0.462. The summed E-state index contributed by atoms with van der Waals surface area (Å²) in [4.78, 5) is 0. The molecule has 0 saturated carbocycles. The molecule has 0 bridgehead atoms. The molecule has 1 aromatic rings. The zero-order valence-electron chi connectivity index (χ0n) is 11.4. The number of halogens is 1. The summed E-state index contributed by atoms with van der Waals surface area (Å²) in [7, 11) is -0.268. The maximum atomic E-state index is 13.1. The SMILES string of the molecule is CNCCCN(C)S(=O)(=O)Nc1ccc(F)c(C)c1. The van der Waals surface area contributed by atoms with E-state index in [0.717, 1.165) is 13.0 Å². The second-order valence-corrected chi connectivity index (χ2v) is 6.13. The molecule has 19 heavy (non-hydrogen) atoms. The summed E-state index contributed by atoms with van der Waals surface area (Å²) in [5.41, 5.74) is 0.761. The molecule has 0 aliphatic carbocycles. The van der Waals surface area contributed by atoms with Crippen LogP contribution in [0.25, 0.3) is 0 Å². The van der Waals surface area contributed by atoms with Crippen LogP contribution >= 0.6 is 0 Å². The van der Waals surface area contributed by atoms with Crippen molar-refractivity contribution in [3.05, 3.63) is 29.6 Å². The quantitative estimate of drug-likeness (QED) is 0.745. The van der Waals surface area contributed by atoms with Gasteiger partial charge in [0.05, 0.1) is 5.69 Å². The molecule has 0 aromatic heterocycles. The Bertz CT molecular complexity index is 520.